The maximum atomic E-state index is 2.30. The fourth-order valence-electron chi connectivity index (χ4n) is 1.77. The molecule has 0 radical (unpaired) electrons. The van der Waals surface area contributed by atoms with Crippen LogP contribution in [0.3, 0.4) is 0 Å². The SMILES string of the molecule is CCCCCP1CCCCC1. The van der Waals surface area contributed by atoms with E-state index in [2.05, 4.69) is 6.92 Å². The second-order valence-electron chi connectivity index (χ2n) is 3.61. The van der Waals surface area contributed by atoms with E-state index in [1.807, 2.05) is 0 Å². The molecular formula is C10H21P. The predicted molar refractivity (Wildman–Crippen MR) is 54.9 cm³/mol. The van der Waals surface area contributed by atoms with E-state index in [4.69, 9.17) is 0 Å². The first kappa shape index (κ1) is 9.52. The van der Waals surface area contributed by atoms with Gasteiger partial charge in [0.2, 0.25) is 0 Å². The molecule has 0 nitrogen and oxygen atoms in total. The van der Waals surface area contributed by atoms with Crippen LogP contribution < -0.4 is 0 Å². The monoisotopic (exact) mass is 172 g/mol. The van der Waals surface area contributed by atoms with Crippen molar-refractivity contribution in [3.05, 3.63) is 0 Å². The standard InChI is InChI=1S/C10H21P/c1-2-3-5-8-11-9-6-4-7-10-11/h2-10H2,1H3. The molecule has 0 saturated carbocycles. The van der Waals surface area contributed by atoms with Crippen LogP contribution in [0.5, 0.6) is 0 Å². The van der Waals surface area contributed by atoms with E-state index in [0.29, 0.717) is 7.92 Å². The van der Waals surface area contributed by atoms with Gasteiger partial charge in [-0.05, 0) is 37.7 Å². The zero-order valence-corrected chi connectivity index (χ0v) is 8.71. The second-order valence-corrected chi connectivity index (χ2v) is 6.29. The zero-order chi connectivity index (χ0) is 7.94. The second kappa shape index (κ2) is 6.00. The number of rotatable bonds is 4. The first-order valence-electron chi connectivity index (χ1n) is 5.16. The molecule has 0 aromatic carbocycles. The third kappa shape index (κ3) is 4.11. The van der Waals surface area contributed by atoms with Gasteiger partial charge in [0.05, 0.1) is 0 Å². The molecule has 1 fully saturated rings. The van der Waals surface area contributed by atoms with Crippen molar-refractivity contribution in [3.8, 4) is 0 Å². The first-order chi connectivity index (χ1) is 5.43. The first-order valence-corrected chi connectivity index (χ1v) is 7.05. The van der Waals surface area contributed by atoms with Crippen molar-refractivity contribution in [1.29, 1.82) is 0 Å². The van der Waals surface area contributed by atoms with Gasteiger partial charge in [-0.2, -0.15) is 0 Å². The van der Waals surface area contributed by atoms with E-state index in [-0.39, 0.29) is 0 Å². The Morgan fingerprint density at radius 2 is 1.73 bits per heavy atom. The molecule has 1 heteroatoms. The fourth-order valence-corrected chi connectivity index (χ4v) is 4.45. The van der Waals surface area contributed by atoms with Crippen LogP contribution in [0.25, 0.3) is 0 Å². The quantitative estimate of drug-likeness (QED) is 0.446. The summed E-state index contributed by atoms with van der Waals surface area (Å²) < 4.78 is 0. The van der Waals surface area contributed by atoms with Gasteiger partial charge >= 0.3 is 0 Å². The Labute approximate surface area is 72.5 Å². The van der Waals surface area contributed by atoms with Crippen LogP contribution in [-0.2, 0) is 0 Å². The Kier molecular flexibility index (Phi) is 5.19. The van der Waals surface area contributed by atoms with Crippen molar-refractivity contribution >= 4 is 7.92 Å². The molecule has 1 aliphatic rings. The summed E-state index contributed by atoms with van der Waals surface area (Å²) in [5.74, 6) is 0. The third-order valence-corrected chi connectivity index (χ3v) is 5.37. The summed E-state index contributed by atoms with van der Waals surface area (Å²) in [7, 11) is 0.517. The molecule has 66 valence electrons. The topological polar surface area (TPSA) is 0 Å². The average molecular weight is 172 g/mol. The normalized spacial score (nSPS) is 20.5. The smallest absolute Gasteiger partial charge is 0.0326 e. The molecule has 0 aromatic rings. The van der Waals surface area contributed by atoms with Gasteiger partial charge in [-0.3, -0.25) is 0 Å². The van der Waals surface area contributed by atoms with Crippen molar-refractivity contribution in [2.24, 2.45) is 0 Å². The molecule has 1 aliphatic heterocycles. The zero-order valence-electron chi connectivity index (χ0n) is 7.81. The summed E-state index contributed by atoms with van der Waals surface area (Å²) in [4.78, 5) is 0. The molecule has 0 aromatic heterocycles. The largest absolute Gasteiger partial charge is 0.107 e. The summed E-state index contributed by atoms with van der Waals surface area (Å²) >= 11 is 0. The van der Waals surface area contributed by atoms with E-state index in [1.54, 1.807) is 18.5 Å². The highest BCUT2D eigenvalue weighted by molar-refractivity contribution is 7.57. The molecule has 1 rings (SSSR count). The minimum absolute atomic E-state index is 0.517. The highest BCUT2D eigenvalue weighted by Crippen LogP contribution is 2.42. The van der Waals surface area contributed by atoms with E-state index < -0.39 is 0 Å². The van der Waals surface area contributed by atoms with E-state index in [0.717, 1.165) is 0 Å². The molecule has 1 heterocycles. The van der Waals surface area contributed by atoms with Gasteiger partial charge < -0.3 is 0 Å². The summed E-state index contributed by atoms with van der Waals surface area (Å²) in [5, 5.41) is 0. The molecule has 0 amide bonds. The van der Waals surface area contributed by atoms with Crippen molar-refractivity contribution in [2.75, 3.05) is 18.5 Å². The van der Waals surface area contributed by atoms with Crippen molar-refractivity contribution in [2.45, 2.75) is 45.4 Å². The fraction of sp³-hybridized carbons (Fsp3) is 1.00. The lowest BCUT2D eigenvalue weighted by molar-refractivity contribution is 0.736. The molecule has 0 atom stereocenters. The minimum atomic E-state index is 0.517. The highest BCUT2D eigenvalue weighted by Gasteiger charge is 2.10. The van der Waals surface area contributed by atoms with Gasteiger partial charge in [0.15, 0.2) is 0 Å². The Balaban J connectivity index is 1.96. The predicted octanol–water partition coefficient (Wildman–Crippen LogP) is 3.84. The van der Waals surface area contributed by atoms with Crippen LogP contribution in [0.2, 0.25) is 0 Å². The number of hydrogen-bond donors (Lipinski definition) is 0. The lowest BCUT2D eigenvalue weighted by Gasteiger charge is -2.21. The van der Waals surface area contributed by atoms with E-state index in [9.17, 15) is 0 Å². The Morgan fingerprint density at radius 1 is 1.00 bits per heavy atom. The van der Waals surface area contributed by atoms with Crippen LogP contribution in [0.15, 0.2) is 0 Å². The summed E-state index contributed by atoms with van der Waals surface area (Å²) in [5.41, 5.74) is 0. The van der Waals surface area contributed by atoms with E-state index >= 15 is 0 Å². The average Bonchev–Trinajstić information content (AvgIpc) is 2.07. The molecule has 0 bridgehead atoms. The molecule has 0 spiro atoms. The van der Waals surface area contributed by atoms with Gasteiger partial charge in [-0.1, -0.05) is 26.2 Å². The van der Waals surface area contributed by atoms with Gasteiger partial charge in [0.25, 0.3) is 0 Å². The maximum absolute atomic E-state index is 2.30. The highest BCUT2D eigenvalue weighted by atomic mass is 31.1. The van der Waals surface area contributed by atoms with Gasteiger partial charge in [-0.25, -0.2) is 0 Å². The van der Waals surface area contributed by atoms with Gasteiger partial charge in [0.1, 0.15) is 0 Å². The molecular weight excluding hydrogens is 151 g/mol. The maximum Gasteiger partial charge on any atom is -0.0326 e. The Hall–Kier alpha value is 0.430. The summed E-state index contributed by atoms with van der Waals surface area (Å²) in [6.07, 6.45) is 13.8. The molecule has 0 N–H and O–H groups in total. The molecule has 11 heavy (non-hydrogen) atoms. The minimum Gasteiger partial charge on any atom is -0.107 e. The lowest BCUT2D eigenvalue weighted by atomic mass is 10.3. The van der Waals surface area contributed by atoms with Crippen LogP contribution >= 0.6 is 7.92 Å². The van der Waals surface area contributed by atoms with Gasteiger partial charge in [-0.15, -0.1) is 7.92 Å². The van der Waals surface area contributed by atoms with Crippen LogP contribution in [0.4, 0.5) is 0 Å². The number of unbranched alkanes of at least 4 members (excludes halogenated alkanes) is 2. The third-order valence-electron chi connectivity index (χ3n) is 2.53. The van der Waals surface area contributed by atoms with Crippen LogP contribution in [0, 0.1) is 0 Å². The summed E-state index contributed by atoms with van der Waals surface area (Å²) in [6, 6.07) is 0. The van der Waals surface area contributed by atoms with Crippen molar-refractivity contribution < 1.29 is 0 Å². The number of hydrogen-bond acceptors (Lipinski definition) is 0. The van der Waals surface area contributed by atoms with Crippen LogP contribution in [-0.4, -0.2) is 18.5 Å². The lowest BCUT2D eigenvalue weighted by Crippen LogP contribution is -2.01. The van der Waals surface area contributed by atoms with Gasteiger partial charge in [0, 0.05) is 0 Å². The summed E-state index contributed by atoms with van der Waals surface area (Å²) in [6.45, 7) is 2.30. The Morgan fingerprint density at radius 3 is 2.36 bits per heavy atom. The van der Waals surface area contributed by atoms with Crippen LogP contribution in [0.1, 0.15) is 45.4 Å². The molecule has 0 unspecified atom stereocenters. The molecule has 1 saturated heterocycles. The van der Waals surface area contributed by atoms with Crippen molar-refractivity contribution in [3.63, 3.8) is 0 Å². The Bertz CT molecular complexity index is 84.9. The van der Waals surface area contributed by atoms with E-state index in [1.165, 1.54) is 38.5 Å². The molecule has 0 aliphatic carbocycles. The van der Waals surface area contributed by atoms with Crippen molar-refractivity contribution in [1.82, 2.24) is 0 Å².